The summed E-state index contributed by atoms with van der Waals surface area (Å²) in [5, 5.41) is 3.20. The van der Waals surface area contributed by atoms with Gasteiger partial charge in [0, 0.05) is 0 Å². The zero-order valence-corrected chi connectivity index (χ0v) is 17.8. The lowest BCUT2D eigenvalue weighted by Gasteiger charge is -2.27. The molecule has 1 saturated carbocycles. The Balaban J connectivity index is 1.72. The van der Waals surface area contributed by atoms with Crippen LogP contribution in [0.2, 0.25) is 0 Å². The maximum Gasteiger partial charge on any atom is 0.229 e. The van der Waals surface area contributed by atoms with Gasteiger partial charge in [0.05, 0.1) is 24.4 Å². The van der Waals surface area contributed by atoms with Gasteiger partial charge >= 0.3 is 0 Å². The molecule has 0 aliphatic heterocycles. The molecule has 0 heterocycles. The van der Waals surface area contributed by atoms with Crippen LogP contribution in [0, 0.1) is 5.92 Å². The fourth-order valence-electron chi connectivity index (χ4n) is 4.11. The van der Waals surface area contributed by atoms with Gasteiger partial charge in [-0.3, -0.25) is 9.52 Å². The van der Waals surface area contributed by atoms with E-state index >= 15 is 0 Å². The third kappa shape index (κ3) is 6.89. The fourth-order valence-corrected chi connectivity index (χ4v) is 4.71. The Labute approximate surface area is 174 Å². The highest BCUT2D eigenvalue weighted by Gasteiger charge is 2.22. The highest BCUT2D eigenvalue weighted by atomic mass is 32.2. The van der Waals surface area contributed by atoms with Crippen LogP contribution in [0.4, 0.5) is 5.69 Å². The number of rotatable bonds is 8. The SMILES string of the molecule is CS(=O)(=O)Nc1ccccc1CC(=O)NC(CC1CCCCC1)c1ccccc1. The molecule has 2 aromatic carbocycles. The number of hydrogen-bond donors (Lipinski definition) is 2. The summed E-state index contributed by atoms with van der Waals surface area (Å²) in [6.45, 7) is 0. The minimum Gasteiger partial charge on any atom is -0.349 e. The normalized spacial score (nSPS) is 16.2. The van der Waals surface area contributed by atoms with Gasteiger partial charge in [-0.05, 0) is 29.5 Å². The van der Waals surface area contributed by atoms with Crippen LogP contribution >= 0.6 is 0 Å². The first-order chi connectivity index (χ1) is 13.9. The van der Waals surface area contributed by atoms with E-state index in [1.165, 1.54) is 32.1 Å². The molecule has 0 radical (unpaired) electrons. The zero-order valence-electron chi connectivity index (χ0n) is 16.9. The summed E-state index contributed by atoms with van der Waals surface area (Å²) in [7, 11) is -3.40. The van der Waals surface area contributed by atoms with Crippen LogP contribution in [0.3, 0.4) is 0 Å². The van der Waals surface area contributed by atoms with E-state index in [2.05, 4.69) is 22.2 Å². The smallest absolute Gasteiger partial charge is 0.229 e. The van der Waals surface area contributed by atoms with E-state index in [9.17, 15) is 13.2 Å². The summed E-state index contributed by atoms with van der Waals surface area (Å²) in [5.41, 5.74) is 2.24. The molecule has 1 amide bonds. The van der Waals surface area contributed by atoms with Gasteiger partial charge in [-0.25, -0.2) is 8.42 Å². The van der Waals surface area contributed by atoms with Crippen LogP contribution in [0.15, 0.2) is 54.6 Å². The van der Waals surface area contributed by atoms with Crippen LogP contribution < -0.4 is 10.0 Å². The Morgan fingerprint density at radius 3 is 2.34 bits per heavy atom. The Kier molecular flexibility index (Phi) is 7.31. The lowest BCUT2D eigenvalue weighted by Crippen LogP contribution is -2.32. The molecule has 6 heteroatoms. The first-order valence-corrected chi connectivity index (χ1v) is 12.2. The predicted octanol–water partition coefficient (Wildman–Crippen LogP) is 4.43. The highest BCUT2D eigenvalue weighted by Crippen LogP contribution is 2.32. The minimum atomic E-state index is -3.40. The summed E-state index contributed by atoms with van der Waals surface area (Å²) in [6.07, 6.45) is 8.48. The number of sulfonamides is 1. The number of benzene rings is 2. The highest BCUT2D eigenvalue weighted by molar-refractivity contribution is 7.92. The quantitative estimate of drug-likeness (QED) is 0.671. The standard InChI is InChI=1S/C23H30N2O3S/c1-29(27,28)25-21-15-9-8-14-20(21)17-23(26)24-22(19-12-6-3-7-13-19)16-18-10-4-2-5-11-18/h3,6-9,12-15,18,22,25H,2,4-5,10-11,16-17H2,1H3,(H,24,26). The molecule has 2 N–H and O–H groups in total. The van der Waals surface area contributed by atoms with Gasteiger partial charge in [0.2, 0.25) is 15.9 Å². The molecule has 1 aliphatic rings. The van der Waals surface area contributed by atoms with Crippen molar-refractivity contribution in [1.29, 1.82) is 0 Å². The van der Waals surface area contributed by atoms with Gasteiger partial charge < -0.3 is 5.32 Å². The molecule has 0 aromatic heterocycles. The van der Waals surface area contributed by atoms with Crippen LogP contribution in [-0.2, 0) is 21.2 Å². The number of carbonyl (C=O) groups excluding carboxylic acids is 1. The van der Waals surface area contributed by atoms with E-state index in [1.807, 2.05) is 24.3 Å². The van der Waals surface area contributed by atoms with Crippen LogP contribution in [0.5, 0.6) is 0 Å². The second-order valence-electron chi connectivity index (χ2n) is 7.98. The van der Waals surface area contributed by atoms with E-state index in [0.29, 0.717) is 17.2 Å². The van der Waals surface area contributed by atoms with Crippen molar-refractivity contribution in [3.63, 3.8) is 0 Å². The lowest BCUT2D eigenvalue weighted by molar-refractivity contribution is -0.121. The van der Waals surface area contributed by atoms with E-state index < -0.39 is 10.0 Å². The van der Waals surface area contributed by atoms with Crippen molar-refractivity contribution in [1.82, 2.24) is 5.32 Å². The molecular formula is C23H30N2O3S. The summed E-state index contributed by atoms with van der Waals surface area (Å²) in [6, 6.07) is 17.1. The van der Waals surface area contributed by atoms with Crippen LogP contribution in [0.1, 0.15) is 55.7 Å². The molecule has 1 atom stereocenters. The van der Waals surface area contributed by atoms with Crippen molar-refractivity contribution in [2.75, 3.05) is 11.0 Å². The molecule has 0 bridgehead atoms. The zero-order chi connectivity index (χ0) is 20.7. The average Bonchev–Trinajstić information content (AvgIpc) is 2.69. The Bertz CT molecular complexity index is 907. The van der Waals surface area contributed by atoms with Crippen molar-refractivity contribution in [3.05, 3.63) is 65.7 Å². The largest absolute Gasteiger partial charge is 0.349 e. The van der Waals surface area contributed by atoms with Gasteiger partial charge in [0.15, 0.2) is 0 Å². The third-order valence-electron chi connectivity index (χ3n) is 5.49. The number of carbonyl (C=O) groups is 1. The Hall–Kier alpha value is -2.34. The number of amides is 1. The molecule has 1 aliphatic carbocycles. The summed E-state index contributed by atoms with van der Waals surface area (Å²) >= 11 is 0. The molecular weight excluding hydrogens is 384 g/mol. The first kappa shape index (κ1) is 21.4. The molecule has 156 valence electrons. The average molecular weight is 415 g/mol. The lowest BCUT2D eigenvalue weighted by atomic mass is 9.83. The van der Waals surface area contributed by atoms with Crippen molar-refractivity contribution >= 4 is 21.6 Å². The molecule has 1 unspecified atom stereocenters. The molecule has 29 heavy (non-hydrogen) atoms. The molecule has 0 spiro atoms. The number of para-hydroxylation sites is 1. The maximum absolute atomic E-state index is 12.9. The summed E-state index contributed by atoms with van der Waals surface area (Å²) in [5.74, 6) is 0.533. The second kappa shape index (κ2) is 9.92. The minimum absolute atomic E-state index is 0.0261. The molecule has 3 rings (SSSR count). The van der Waals surface area contributed by atoms with Gasteiger partial charge in [0.25, 0.3) is 0 Å². The molecule has 5 nitrogen and oxygen atoms in total. The van der Waals surface area contributed by atoms with Crippen molar-refractivity contribution in [2.45, 2.75) is 51.0 Å². The van der Waals surface area contributed by atoms with Crippen molar-refractivity contribution in [2.24, 2.45) is 5.92 Å². The van der Waals surface area contributed by atoms with Gasteiger partial charge in [-0.2, -0.15) is 0 Å². The molecule has 1 fully saturated rings. The van der Waals surface area contributed by atoms with E-state index in [0.717, 1.165) is 18.2 Å². The first-order valence-electron chi connectivity index (χ1n) is 10.3. The van der Waals surface area contributed by atoms with E-state index in [4.69, 9.17) is 0 Å². The van der Waals surface area contributed by atoms with Crippen molar-refractivity contribution in [3.8, 4) is 0 Å². The van der Waals surface area contributed by atoms with Gasteiger partial charge in [-0.15, -0.1) is 0 Å². The van der Waals surface area contributed by atoms with Crippen LogP contribution in [-0.4, -0.2) is 20.6 Å². The third-order valence-corrected chi connectivity index (χ3v) is 6.09. The number of hydrogen-bond acceptors (Lipinski definition) is 3. The van der Waals surface area contributed by atoms with E-state index in [-0.39, 0.29) is 18.4 Å². The number of anilines is 1. The molecule has 0 saturated heterocycles. The number of nitrogens with one attached hydrogen (secondary N) is 2. The second-order valence-corrected chi connectivity index (χ2v) is 9.73. The Morgan fingerprint density at radius 1 is 1.00 bits per heavy atom. The summed E-state index contributed by atoms with van der Waals surface area (Å²) < 4.78 is 25.7. The fraction of sp³-hybridized carbons (Fsp3) is 0.435. The summed E-state index contributed by atoms with van der Waals surface area (Å²) in [4.78, 5) is 12.9. The topological polar surface area (TPSA) is 75.3 Å². The maximum atomic E-state index is 12.9. The predicted molar refractivity (Wildman–Crippen MR) is 117 cm³/mol. The van der Waals surface area contributed by atoms with Gasteiger partial charge in [-0.1, -0.05) is 80.6 Å². The van der Waals surface area contributed by atoms with E-state index in [1.54, 1.807) is 18.2 Å². The monoisotopic (exact) mass is 414 g/mol. The Morgan fingerprint density at radius 2 is 1.66 bits per heavy atom. The van der Waals surface area contributed by atoms with Crippen LogP contribution in [0.25, 0.3) is 0 Å². The van der Waals surface area contributed by atoms with Crippen molar-refractivity contribution < 1.29 is 13.2 Å². The van der Waals surface area contributed by atoms with Gasteiger partial charge in [0.1, 0.15) is 0 Å². The molecule has 2 aromatic rings.